The molecule has 0 amide bonds. The zero-order valence-corrected chi connectivity index (χ0v) is 13.1. The van der Waals surface area contributed by atoms with Gasteiger partial charge in [0.25, 0.3) is 0 Å². The summed E-state index contributed by atoms with van der Waals surface area (Å²) >= 11 is 11.9. The number of nitrogens with zero attached hydrogens (tertiary/aromatic N) is 1. The molecule has 1 heterocycles. The van der Waals surface area contributed by atoms with Gasteiger partial charge in [0.2, 0.25) is 0 Å². The highest BCUT2D eigenvalue weighted by Gasteiger charge is 2.08. The highest BCUT2D eigenvalue weighted by molar-refractivity contribution is 9.11. The molecule has 1 aromatic carbocycles. The molecule has 18 heavy (non-hydrogen) atoms. The maximum absolute atomic E-state index is 5.66. The minimum atomic E-state index is 0.318. The van der Waals surface area contributed by atoms with Gasteiger partial charge in [-0.1, -0.05) is 28.1 Å². The quantitative estimate of drug-likeness (QED) is 0.783. The van der Waals surface area contributed by atoms with Gasteiger partial charge in [0, 0.05) is 15.1 Å². The summed E-state index contributed by atoms with van der Waals surface area (Å²) < 4.78 is 1.92. The van der Waals surface area contributed by atoms with Crippen molar-refractivity contribution < 1.29 is 0 Å². The molecular weight excluding hydrogens is 378 g/mol. The summed E-state index contributed by atoms with van der Waals surface area (Å²) in [5, 5.41) is 3.20. The second-order valence-electron chi connectivity index (χ2n) is 3.51. The molecule has 0 spiro atoms. The van der Waals surface area contributed by atoms with Gasteiger partial charge in [0.05, 0.1) is 11.3 Å². The molecule has 2 rings (SSSR count). The Morgan fingerprint density at radius 2 is 2.06 bits per heavy atom. The average Bonchev–Trinajstić information content (AvgIpc) is 2.33. The van der Waals surface area contributed by atoms with Crippen LogP contribution in [0.15, 0.2) is 45.5 Å². The second kappa shape index (κ2) is 5.77. The van der Waals surface area contributed by atoms with E-state index in [1.54, 1.807) is 12.3 Å². The van der Waals surface area contributed by atoms with Crippen molar-refractivity contribution in [1.29, 1.82) is 0 Å². The largest absolute Gasteiger partial charge is 0.389 e. The standard InChI is InChI=1S/C12H9Br2N3S/c13-7-3-4-10(9(14)6-7)17-12-8(11(15)18)2-1-5-16-12/h1-6H,(H2,15,18)(H,16,17). The van der Waals surface area contributed by atoms with Crippen molar-refractivity contribution in [2.75, 3.05) is 5.32 Å². The summed E-state index contributed by atoms with van der Waals surface area (Å²) in [6.45, 7) is 0. The Morgan fingerprint density at radius 1 is 1.28 bits per heavy atom. The van der Waals surface area contributed by atoms with E-state index in [1.165, 1.54) is 0 Å². The maximum atomic E-state index is 5.66. The lowest BCUT2D eigenvalue weighted by molar-refractivity contribution is 1.29. The van der Waals surface area contributed by atoms with Crippen LogP contribution in [0.1, 0.15) is 5.56 Å². The monoisotopic (exact) mass is 385 g/mol. The van der Waals surface area contributed by atoms with Gasteiger partial charge in [-0.2, -0.15) is 0 Å². The predicted octanol–water partition coefficient (Wildman–Crippen LogP) is 3.98. The summed E-state index contributed by atoms with van der Waals surface area (Å²) in [7, 11) is 0. The molecule has 3 N–H and O–H groups in total. The number of aromatic nitrogens is 1. The molecule has 0 unspecified atom stereocenters. The van der Waals surface area contributed by atoms with Gasteiger partial charge in [-0.3, -0.25) is 0 Å². The molecule has 2 aromatic rings. The number of hydrogen-bond donors (Lipinski definition) is 2. The van der Waals surface area contributed by atoms with Gasteiger partial charge in [0.15, 0.2) is 0 Å². The van der Waals surface area contributed by atoms with E-state index in [9.17, 15) is 0 Å². The molecule has 0 atom stereocenters. The smallest absolute Gasteiger partial charge is 0.140 e. The third-order valence-electron chi connectivity index (χ3n) is 2.26. The molecule has 0 aliphatic carbocycles. The molecule has 92 valence electrons. The highest BCUT2D eigenvalue weighted by Crippen LogP contribution is 2.29. The van der Waals surface area contributed by atoms with Crippen LogP contribution in [0.4, 0.5) is 11.5 Å². The molecule has 0 bridgehead atoms. The van der Waals surface area contributed by atoms with E-state index in [-0.39, 0.29) is 0 Å². The van der Waals surface area contributed by atoms with Crippen LogP contribution in [0, 0.1) is 0 Å². The van der Waals surface area contributed by atoms with E-state index in [4.69, 9.17) is 18.0 Å². The van der Waals surface area contributed by atoms with Crippen LogP contribution >= 0.6 is 44.1 Å². The van der Waals surface area contributed by atoms with Crippen molar-refractivity contribution in [2.24, 2.45) is 5.73 Å². The lowest BCUT2D eigenvalue weighted by Crippen LogP contribution is -2.12. The van der Waals surface area contributed by atoms with Crippen molar-refractivity contribution in [3.05, 3.63) is 51.0 Å². The third-order valence-corrected chi connectivity index (χ3v) is 3.63. The fraction of sp³-hybridized carbons (Fsp3) is 0. The Kier molecular flexibility index (Phi) is 4.31. The first-order valence-electron chi connectivity index (χ1n) is 5.05. The van der Waals surface area contributed by atoms with Crippen molar-refractivity contribution >= 4 is 60.6 Å². The molecule has 0 aliphatic rings. The van der Waals surface area contributed by atoms with E-state index < -0.39 is 0 Å². The fourth-order valence-corrected chi connectivity index (χ4v) is 2.73. The Balaban J connectivity index is 2.37. The van der Waals surface area contributed by atoms with E-state index in [1.807, 2.05) is 24.3 Å². The summed E-state index contributed by atoms with van der Waals surface area (Å²) in [6.07, 6.45) is 1.69. The first kappa shape index (κ1) is 13.5. The number of thiocarbonyl (C=S) groups is 1. The number of rotatable bonds is 3. The molecule has 0 radical (unpaired) electrons. The van der Waals surface area contributed by atoms with Crippen LogP contribution in [-0.4, -0.2) is 9.97 Å². The van der Waals surface area contributed by atoms with Crippen molar-refractivity contribution in [3.8, 4) is 0 Å². The average molecular weight is 387 g/mol. The highest BCUT2D eigenvalue weighted by atomic mass is 79.9. The molecule has 0 aliphatic heterocycles. The van der Waals surface area contributed by atoms with Crippen LogP contribution in [0.2, 0.25) is 0 Å². The minimum Gasteiger partial charge on any atom is -0.389 e. The van der Waals surface area contributed by atoms with Crippen molar-refractivity contribution in [2.45, 2.75) is 0 Å². The number of nitrogens with two attached hydrogens (primary N) is 1. The number of halogens is 2. The second-order valence-corrected chi connectivity index (χ2v) is 5.72. The van der Waals surface area contributed by atoms with Crippen molar-refractivity contribution in [1.82, 2.24) is 4.98 Å². The molecule has 0 fully saturated rings. The Bertz CT molecular complexity index is 602. The molecule has 6 heteroatoms. The van der Waals surface area contributed by atoms with Gasteiger partial charge in [-0.15, -0.1) is 0 Å². The first-order valence-corrected chi connectivity index (χ1v) is 7.04. The molecular formula is C12H9Br2N3S. The van der Waals surface area contributed by atoms with Crippen LogP contribution in [0.3, 0.4) is 0 Å². The Morgan fingerprint density at radius 3 is 2.72 bits per heavy atom. The van der Waals surface area contributed by atoms with Crippen LogP contribution in [0.5, 0.6) is 0 Å². The van der Waals surface area contributed by atoms with Gasteiger partial charge >= 0.3 is 0 Å². The minimum absolute atomic E-state index is 0.318. The van der Waals surface area contributed by atoms with E-state index >= 15 is 0 Å². The number of benzene rings is 1. The van der Waals surface area contributed by atoms with E-state index in [0.29, 0.717) is 10.8 Å². The Hall–Kier alpha value is -0.980. The SMILES string of the molecule is NC(=S)c1cccnc1Nc1ccc(Br)cc1Br. The van der Waals surface area contributed by atoms with Gasteiger partial charge in [-0.05, 0) is 46.3 Å². The summed E-state index contributed by atoms with van der Waals surface area (Å²) in [5.41, 5.74) is 7.28. The fourth-order valence-electron chi connectivity index (χ4n) is 1.42. The number of hydrogen-bond acceptors (Lipinski definition) is 3. The first-order chi connectivity index (χ1) is 8.58. The zero-order valence-electron chi connectivity index (χ0n) is 9.15. The van der Waals surface area contributed by atoms with Gasteiger partial charge in [0.1, 0.15) is 10.8 Å². The van der Waals surface area contributed by atoms with Crippen LogP contribution in [0.25, 0.3) is 0 Å². The number of nitrogens with one attached hydrogen (secondary N) is 1. The number of anilines is 2. The van der Waals surface area contributed by atoms with Crippen molar-refractivity contribution in [3.63, 3.8) is 0 Å². The summed E-state index contributed by atoms with van der Waals surface area (Å²) in [5.74, 6) is 0.646. The summed E-state index contributed by atoms with van der Waals surface area (Å²) in [4.78, 5) is 4.57. The third kappa shape index (κ3) is 3.07. The topological polar surface area (TPSA) is 50.9 Å². The zero-order chi connectivity index (χ0) is 13.1. The Labute approximate surface area is 127 Å². The lowest BCUT2D eigenvalue weighted by Gasteiger charge is -2.11. The number of pyridine rings is 1. The van der Waals surface area contributed by atoms with Crippen LogP contribution in [-0.2, 0) is 0 Å². The molecule has 0 saturated carbocycles. The predicted molar refractivity (Wildman–Crippen MR) is 85.2 cm³/mol. The van der Waals surface area contributed by atoms with Gasteiger partial charge in [-0.25, -0.2) is 4.98 Å². The van der Waals surface area contributed by atoms with E-state index in [2.05, 4.69) is 42.2 Å². The lowest BCUT2D eigenvalue weighted by atomic mass is 10.2. The van der Waals surface area contributed by atoms with E-state index in [0.717, 1.165) is 20.2 Å². The summed E-state index contributed by atoms with van der Waals surface area (Å²) in [6, 6.07) is 9.47. The molecule has 1 aromatic heterocycles. The van der Waals surface area contributed by atoms with Gasteiger partial charge < -0.3 is 11.1 Å². The molecule has 3 nitrogen and oxygen atoms in total. The maximum Gasteiger partial charge on any atom is 0.140 e. The molecule has 0 saturated heterocycles. The normalized spacial score (nSPS) is 10.1. The van der Waals surface area contributed by atoms with Crippen LogP contribution < -0.4 is 11.1 Å².